The Morgan fingerprint density at radius 1 is 1.47 bits per heavy atom. The predicted molar refractivity (Wildman–Crippen MR) is 50.6 cm³/mol. The molecule has 78 valence electrons. The smallest absolute Gasteiger partial charge is 0.338 e. The van der Waals surface area contributed by atoms with Crippen LogP contribution < -0.4 is 5.32 Å². The second-order valence-electron chi connectivity index (χ2n) is 2.67. The van der Waals surface area contributed by atoms with Crippen LogP contribution in [0.4, 0.5) is 14.5 Å². The first-order valence-corrected chi connectivity index (χ1v) is 3.96. The molecule has 0 aliphatic carbocycles. The summed E-state index contributed by atoms with van der Waals surface area (Å²) in [7, 11) is 0. The first-order chi connectivity index (χ1) is 7.06. The van der Waals surface area contributed by atoms with Crippen molar-refractivity contribution in [2.75, 3.05) is 11.9 Å². The fourth-order valence-electron chi connectivity index (χ4n) is 0.995. The average molecular weight is 211 g/mol. The SMILES string of the molecule is C#CCNc1cc(C(=O)O)c(F)cc1F. The van der Waals surface area contributed by atoms with Gasteiger partial charge in [0.05, 0.1) is 17.8 Å². The minimum atomic E-state index is -1.46. The van der Waals surface area contributed by atoms with Crippen LogP contribution in [0.5, 0.6) is 0 Å². The van der Waals surface area contributed by atoms with E-state index >= 15 is 0 Å². The molecule has 15 heavy (non-hydrogen) atoms. The number of anilines is 1. The molecule has 0 bridgehead atoms. The maximum Gasteiger partial charge on any atom is 0.338 e. The van der Waals surface area contributed by atoms with Crippen LogP contribution >= 0.6 is 0 Å². The number of carboxylic acid groups (broad SMARTS) is 1. The molecule has 1 rings (SSSR count). The van der Waals surface area contributed by atoms with Crippen LogP contribution in [-0.2, 0) is 0 Å². The molecule has 0 amide bonds. The van der Waals surface area contributed by atoms with Gasteiger partial charge in [-0.1, -0.05) is 5.92 Å². The largest absolute Gasteiger partial charge is 0.478 e. The van der Waals surface area contributed by atoms with Crippen LogP contribution in [-0.4, -0.2) is 17.6 Å². The molecule has 0 unspecified atom stereocenters. The Bertz CT molecular complexity index is 438. The van der Waals surface area contributed by atoms with Crippen molar-refractivity contribution < 1.29 is 18.7 Å². The van der Waals surface area contributed by atoms with Gasteiger partial charge in [0, 0.05) is 6.07 Å². The van der Waals surface area contributed by atoms with Crippen LogP contribution in [0, 0.1) is 24.0 Å². The first kappa shape index (κ1) is 11.0. The molecule has 0 saturated heterocycles. The van der Waals surface area contributed by atoms with E-state index in [0.29, 0.717) is 6.07 Å². The number of carboxylic acids is 1. The van der Waals surface area contributed by atoms with E-state index in [1.165, 1.54) is 0 Å². The molecule has 0 atom stereocenters. The molecule has 3 nitrogen and oxygen atoms in total. The Labute approximate surface area is 84.7 Å². The van der Waals surface area contributed by atoms with E-state index in [9.17, 15) is 13.6 Å². The molecule has 0 spiro atoms. The number of nitrogens with one attached hydrogen (secondary N) is 1. The zero-order valence-electron chi connectivity index (χ0n) is 7.55. The van der Waals surface area contributed by atoms with Gasteiger partial charge in [0.15, 0.2) is 0 Å². The summed E-state index contributed by atoms with van der Waals surface area (Å²) in [6, 6.07) is 1.37. The third kappa shape index (κ3) is 2.44. The van der Waals surface area contributed by atoms with Gasteiger partial charge in [-0.15, -0.1) is 6.42 Å². The van der Waals surface area contributed by atoms with Crippen molar-refractivity contribution in [3.05, 3.63) is 29.3 Å². The maximum atomic E-state index is 13.1. The van der Waals surface area contributed by atoms with Gasteiger partial charge in [0.2, 0.25) is 0 Å². The second kappa shape index (κ2) is 4.42. The summed E-state index contributed by atoms with van der Waals surface area (Å²) in [5, 5.41) is 11.0. The van der Waals surface area contributed by atoms with Gasteiger partial charge in [0.1, 0.15) is 11.6 Å². The van der Waals surface area contributed by atoms with Crippen LogP contribution in [0.15, 0.2) is 12.1 Å². The topological polar surface area (TPSA) is 49.3 Å². The van der Waals surface area contributed by atoms with E-state index in [2.05, 4.69) is 11.2 Å². The van der Waals surface area contributed by atoms with Gasteiger partial charge in [-0.2, -0.15) is 0 Å². The molecular formula is C10H7F2NO2. The fraction of sp³-hybridized carbons (Fsp3) is 0.100. The lowest BCUT2D eigenvalue weighted by Crippen LogP contribution is -2.06. The quantitative estimate of drug-likeness (QED) is 0.748. The summed E-state index contributed by atoms with van der Waals surface area (Å²) in [5.41, 5.74) is -0.734. The molecule has 1 aromatic carbocycles. The summed E-state index contributed by atoms with van der Waals surface area (Å²) >= 11 is 0. The van der Waals surface area contributed by atoms with Crippen molar-refractivity contribution >= 4 is 11.7 Å². The lowest BCUT2D eigenvalue weighted by atomic mass is 10.2. The molecular weight excluding hydrogens is 204 g/mol. The minimum absolute atomic E-state index is 0.0294. The van der Waals surface area contributed by atoms with Crippen molar-refractivity contribution in [3.8, 4) is 12.3 Å². The zero-order valence-corrected chi connectivity index (χ0v) is 7.55. The van der Waals surface area contributed by atoms with Crippen molar-refractivity contribution in [3.63, 3.8) is 0 Å². The van der Waals surface area contributed by atoms with Crippen LogP contribution in [0.2, 0.25) is 0 Å². The monoisotopic (exact) mass is 211 g/mol. The highest BCUT2D eigenvalue weighted by atomic mass is 19.1. The number of aromatic carboxylic acids is 1. The summed E-state index contributed by atoms with van der Waals surface area (Å²) in [6.07, 6.45) is 4.93. The fourth-order valence-corrected chi connectivity index (χ4v) is 0.995. The summed E-state index contributed by atoms with van der Waals surface area (Å²) in [4.78, 5) is 10.5. The maximum absolute atomic E-state index is 13.1. The molecule has 5 heteroatoms. The summed E-state index contributed by atoms with van der Waals surface area (Å²) < 4.78 is 26.0. The van der Waals surface area contributed by atoms with E-state index in [-0.39, 0.29) is 12.2 Å². The van der Waals surface area contributed by atoms with Gasteiger partial charge in [0.25, 0.3) is 0 Å². The normalized spacial score (nSPS) is 9.40. The first-order valence-electron chi connectivity index (χ1n) is 3.96. The van der Waals surface area contributed by atoms with E-state index in [0.717, 1.165) is 6.07 Å². The van der Waals surface area contributed by atoms with Crippen molar-refractivity contribution in [1.29, 1.82) is 0 Å². The Morgan fingerprint density at radius 2 is 2.13 bits per heavy atom. The van der Waals surface area contributed by atoms with E-state index < -0.39 is 23.2 Å². The predicted octanol–water partition coefficient (Wildman–Crippen LogP) is 1.71. The third-order valence-corrected chi connectivity index (χ3v) is 1.67. The lowest BCUT2D eigenvalue weighted by molar-refractivity contribution is 0.0692. The number of benzene rings is 1. The van der Waals surface area contributed by atoms with Gasteiger partial charge >= 0.3 is 5.97 Å². The second-order valence-corrected chi connectivity index (χ2v) is 2.67. The number of carbonyl (C=O) groups is 1. The third-order valence-electron chi connectivity index (χ3n) is 1.67. The number of halogens is 2. The van der Waals surface area contributed by atoms with Gasteiger partial charge in [-0.25, -0.2) is 13.6 Å². The minimum Gasteiger partial charge on any atom is -0.478 e. The highest BCUT2D eigenvalue weighted by molar-refractivity contribution is 5.89. The Balaban J connectivity index is 3.13. The molecule has 0 aliphatic rings. The van der Waals surface area contributed by atoms with Crippen molar-refractivity contribution in [1.82, 2.24) is 0 Å². The molecule has 2 N–H and O–H groups in total. The lowest BCUT2D eigenvalue weighted by Gasteiger charge is -2.06. The summed E-state index contributed by atoms with van der Waals surface area (Å²) in [6.45, 7) is 0.0294. The van der Waals surface area contributed by atoms with Crippen molar-refractivity contribution in [2.45, 2.75) is 0 Å². The number of hydrogen-bond donors (Lipinski definition) is 2. The van der Waals surface area contributed by atoms with Crippen LogP contribution in [0.1, 0.15) is 10.4 Å². The van der Waals surface area contributed by atoms with E-state index in [1.807, 2.05) is 0 Å². The van der Waals surface area contributed by atoms with Gasteiger partial charge in [-0.3, -0.25) is 0 Å². The van der Waals surface area contributed by atoms with Gasteiger partial charge in [-0.05, 0) is 6.07 Å². The molecule has 0 saturated carbocycles. The molecule has 0 aliphatic heterocycles. The molecule has 0 aromatic heterocycles. The standard InChI is InChI=1S/C10H7F2NO2/c1-2-3-13-9-4-6(10(14)15)7(11)5-8(9)12/h1,4-5,13H,3H2,(H,14,15). The average Bonchev–Trinajstić information content (AvgIpc) is 2.16. The number of rotatable bonds is 3. The molecule has 0 radical (unpaired) electrons. The molecule has 0 heterocycles. The highest BCUT2D eigenvalue weighted by Gasteiger charge is 2.14. The van der Waals surface area contributed by atoms with Gasteiger partial charge < -0.3 is 10.4 Å². The molecule has 0 fully saturated rings. The zero-order chi connectivity index (χ0) is 11.4. The molecule has 1 aromatic rings. The Kier molecular flexibility index (Phi) is 3.24. The summed E-state index contributed by atoms with van der Waals surface area (Å²) in [5.74, 6) is -1.27. The van der Waals surface area contributed by atoms with Crippen molar-refractivity contribution in [2.24, 2.45) is 0 Å². The van der Waals surface area contributed by atoms with E-state index in [4.69, 9.17) is 11.5 Å². The highest BCUT2D eigenvalue weighted by Crippen LogP contribution is 2.19. The number of hydrogen-bond acceptors (Lipinski definition) is 2. The Hall–Kier alpha value is -2.09. The Morgan fingerprint density at radius 3 is 2.67 bits per heavy atom. The van der Waals surface area contributed by atoms with Crippen LogP contribution in [0.25, 0.3) is 0 Å². The van der Waals surface area contributed by atoms with Crippen LogP contribution in [0.3, 0.4) is 0 Å². The number of terminal acetylenes is 1. The van der Waals surface area contributed by atoms with E-state index in [1.54, 1.807) is 0 Å².